The maximum absolute atomic E-state index is 11.4. The molecule has 1 unspecified atom stereocenters. The molecule has 1 atom stereocenters. The molecule has 1 aromatic rings. The van der Waals surface area contributed by atoms with Crippen molar-refractivity contribution in [3.8, 4) is 0 Å². The van der Waals surface area contributed by atoms with Crippen molar-refractivity contribution in [2.75, 3.05) is 20.2 Å². The van der Waals surface area contributed by atoms with Crippen molar-refractivity contribution in [3.63, 3.8) is 0 Å². The maximum Gasteiger partial charge on any atom is 0.337 e. The summed E-state index contributed by atoms with van der Waals surface area (Å²) in [6, 6.07) is 5.82. The third-order valence-corrected chi connectivity index (χ3v) is 3.19. The Morgan fingerprint density at radius 3 is 2.88 bits per heavy atom. The molecule has 1 heterocycles. The fourth-order valence-corrected chi connectivity index (χ4v) is 2.30. The van der Waals surface area contributed by atoms with Crippen molar-refractivity contribution < 1.29 is 9.53 Å². The van der Waals surface area contributed by atoms with E-state index in [-0.39, 0.29) is 5.97 Å². The summed E-state index contributed by atoms with van der Waals surface area (Å²) in [6.45, 7) is 4.18. The number of hydrogen-bond donors (Lipinski definition) is 1. The highest BCUT2D eigenvalue weighted by atomic mass is 16.5. The topological polar surface area (TPSA) is 38.3 Å². The number of ether oxygens (including phenoxy) is 1. The molecule has 1 aliphatic heterocycles. The van der Waals surface area contributed by atoms with Gasteiger partial charge in [-0.15, -0.1) is 0 Å². The van der Waals surface area contributed by atoms with Crippen LogP contribution in [0.1, 0.15) is 33.8 Å². The largest absolute Gasteiger partial charge is 0.465 e. The van der Waals surface area contributed by atoms with Crippen LogP contribution in [0.15, 0.2) is 18.2 Å². The van der Waals surface area contributed by atoms with E-state index < -0.39 is 0 Å². The molecule has 3 heteroatoms. The predicted octanol–water partition coefficient (Wildman–Crippen LogP) is 1.86. The summed E-state index contributed by atoms with van der Waals surface area (Å²) < 4.78 is 4.71. The Balaban J connectivity index is 2.25. The second kappa shape index (κ2) is 4.66. The second-order valence-corrected chi connectivity index (χ2v) is 4.25. The van der Waals surface area contributed by atoms with Crippen molar-refractivity contribution in [2.45, 2.75) is 19.3 Å². The first-order chi connectivity index (χ1) is 7.72. The first-order valence-electron chi connectivity index (χ1n) is 5.62. The highest BCUT2D eigenvalue weighted by molar-refractivity contribution is 5.89. The van der Waals surface area contributed by atoms with Crippen LogP contribution in [0.25, 0.3) is 0 Å². The normalized spacial score (nSPS) is 19.8. The number of carbonyl (C=O) groups excluding carboxylic acids is 1. The lowest BCUT2D eigenvalue weighted by Crippen LogP contribution is -2.09. The van der Waals surface area contributed by atoms with Gasteiger partial charge in [0.15, 0.2) is 0 Å². The molecule has 2 rings (SSSR count). The molecule has 1 N–H and O–H groups in total. The van der Waals surface area contributed by atoms with Gasteiger partial charge in [0.1, 0.15) is 0 Å². The lowest BCUT2D eigenvalue weighted by atomic mass is 9.93. The summed E-state index contributed by atoms with van der Waals surface area (Å²) in [6.07, 6.45) is 1.18. The summed E-state index contributed by atoms with van der Waals surface area (Å²) in [4.78, 5) is 11.4. The molecule has 1 aromatic carbocycles. The van der Waals surface area contributed by atoms with Crippen molar-refractivity contribution in [3.05, 3.63) is 34.9 Å². The molecular formula is C13H17NO2. The van der Waals surface area contributed by atoms with E-state index in [1.54, 1.807) is 0 Å². The van der Waals surface area contributed by atoms with Gasteiger partial charge in [0.2, 0.25) is 0 Å². The van der Waals surface area contributed by atoms with Crippen molar-refractivity contribution in [1.29, 1.82) is 0 Å². The van der Waals surface area contributed by atoms with Crippen molar-refractivity contribution in [2.24, 2.45) is 0 Å². The standard InChI is InChI=1S/C13H17NO2/c1-9-7-10(13(15)16-2)3-4-12(9)11-5-6-14-8-11/h3-4,7,11,14H,5-6,8H2,1-2H3. The predicted molar refractivity (Wildman–Crippen MR) is 62.7 cm³/mol. The van der Waals surface area contributed by atoms with Crippen LogP contribution in [-0.4, -0.2) is 26.2 Å². The zero-order chi connectivity index (χ0) is 11.5. The molecule has 3 nitrogen and oxygen atoms in total. The Morgan fingerprint density at radius 2 is 2.31 bits per heavy atom. The number of hydrogen-bond acceptors (Lipinski definition) is 3. The quantitative estimate of drug-likeness (QED) is 0.771. The van der Waals surface area contributed by atoms with Crippen molar-refractivity contribution >= 4 is 5.97 Å². The van der Waals surface area contributed by atoms with E-state index >= 15 is 0 Å². The van der Waals surface area contributed by atoms with E-state index in [0.717, 1.165) is 13.1 Å². The van der Waals surface area contributed by atoms with Gasteiger partial charge in [0.05, 0.1) is 12.7 Å². The van der Waals surface area contributed by atoms with Crippen LogP contribution in [0.5, 0.6) is 0 Å². The van der Waals surface area contributed by atoms with Gasteiger partial charge in [-0.1, -0.05) is 6.07 Å². The molecule has 1 fully saturated rings. The van der Waals surface area contributed by atoms with Gasteiger partial charge in [-0.3, -0.25) is 0 Å². The Hall–Kier alpha value is -1.35. The van der Waals surface area contributed by atoms with E-state index in [0.29, 0.717) is 11.5 Å². The Kier molecular flexibility index (Phi) is 3.25. The third kappa shape index (κ3) is 2.09. The minimum Gasteiger partial charge on any atom is -0.465 e. The molecule has 0 saturated carbocycles. The van der Waals surface area contributed by atoms with E-state index in [1.807, 2.05) is 12.1 Å². The molecule has 86 valence electrons. The lowest BCUT2D eigenvalue weighted by Gasteiger charge is -2.13. The molecular weight excluding hydrogens is 202 g/mol. The minimum absolute atomic E-state index is 0.265. The first kappa shape index (κ1) is 11.1. The highest BCUT2D eigenvalue weighted by Crippen LogP contribution is 2.26. The Labute approximate surface area is 95.8 Å². The van der Waals surface area contributed by atoms with Crippen LogP contribution < -0.4 is 5.32 Å². The molecule has 0 bridgehead atoms. The van der Waals surface area contributed by atoms with Gasteiger partial charge in [-0.2, -0.15) is 0 Å². The SMILES string of the molecule is COC(=O)c1ccc(C2CCNC2)c(C)c1. The van der Waals surface area contributed by atoms with Gasteiger partial charge >= 0.3 is 5.97 Å². The zero-order valence-corrected chi connectivity index (χ0v) is 9.75. The summed E-state index contributed by atoms with van der Waals surface area (Å²) in [5.74, 6) is 0.325. The number of aryl methyl sites for hydroxylation is 1. The molecule has 16 heavy (non-hydrogen) atoms. The van der Waals surface area contributed by atoms with Gasteiger partial charge in [-0.05, 0) is 49.1 Å². The monoisotopic (exact) mass is 219 g/mol. The van der Waals surface area contributed by atoms with Crippen LogP contribution in [0, 0.1) is 6.92 Å². The summed E-state index contributed by atoms with van der Waals surface area (Å²) >= 11 is 0. The molecule has 0 aliphatic carbocycles. The van der Waals surface area contributed by atoms with Crippen LogP contribution in [0.4, 0.5) is 0 Å². The van der Waals surface area contributed by atoms with Crippen LogP contribution in [0.2, 0.25) is 0 Å². The molecule has 0 aromatic heterocycles. The molecule has 1 aliphatic rings. The number of benzene rings is 1. The first-order valence-corrected chi connectivity index (χ1v) is 5.62. The Bertz CT molecular complexity index is 395. The fourth-order valence-electron chi connectivity index (χ4n) is 2.30. The smallest absolute Gasteiger partial charge is 0.337 e. The number of esters is 1. The molecule has 0 amide bonds. The zero-order valence-electron chi connectivity index (χ0n) is 9.75. The van der Waals surface area contributed by atoms with Gasteiger partial charge < -0.3 is 10.1 Å². The van der Waals surface area contributed by atoms with E-state index in [4.69, 9.17) is 4.74 Å². The van der Waals surface area contributed by atoms with Crippen molar-refractivity contribution in [1.82, 2.24) is 5.32 Å². The van der Waals surface area contributed by atoms with Crippen LogP contribution >= 0.6 is 0 Å². The number of carbonyl (C=O) groups is 1. The van der Waals surface area contributed by atoms with E-state index in [2.05, 4.69) is 18.3 Å². The lowest BCUT2D eigenvalue weighted by molar-refractivity contribution is 0.0600. The minimum atomic E-state index is -0.265. The van der Waals surface area contributed by atoms with E-state index in [9.17, 15) is 4.79 Å². The average molecular weight is 219 g/mol. The number of nitrogens with one attached hydrogen (secondary N) is 1. The third-order valence-electron chi connectivity index (χ3n) is 3.19. The second-order valence-electron chi connectivity index (χ2n) is 4.25. The Morgan fingerprint density at radius 1 is 1.50 bits per heavy atom. The van der Waals surface area contributed by atoms with E-state index in [1.165, 1.54) is 24.7 Å². The van der Waals surface area contributed by atoms with Gasteiger partial charge in [-0.25, -0.2) is 4.79 Å². The number of rotatable bonds is 2. The van der Waals surface area contributed by atoms with Gasteiger partial charge in [0, 0.05) is 6.54 Å². The average Bonchev–Trinajstić information content (AvgIpc) is 2.81. The summed E-state index contributed by atoms with van der Waals surface area (Å²) in [5.41, 5.74) is 3.16. The number of methoxy groups -OCH3 is 1. The maximum atomic E-state index is 11.4. The fraction of sp³-hybridized carbons (Fsp3) is 0.462. The van der Waals surface area contributed by atoms with Crippen LogP contribution in [0.3, 0.4) is 0 Å². The molecule has 1 saturated heterocycles. The molecule has 0 spiro atoms. The summed E-state index contributed by atoms with van der Waals surface area (Å²) in [5, 5.41) is 3.35. The van der Waals surface area contributed by atoms with Crippen LogP contribution in [-0.2, 0) is 4.74 Å². The molecule has 0 radical (unpaired) electrons. The summed E-state index contributed by atoms with van der Waals surface area (Å²) in [7, 11) is 1.41. The van der Waals surface area contributed by atoms with Gasteiger partial charge in [0.25, 0.3) is 0 Å². The highest BCUT2D eigenvalue weighted by Gasteiger charge is 2.19.